The Morgan fingerprint density at radius 1 is 0.800 bits per heavy atom. The number of carboxylic acid groups (broad SMARTS) is 3. The van der Waals surface area contributed by atoms with Crippen LogP contribution in [-0.4, -0.2) is 66.0 Å². The quantitative estimate of drug-likeness (QED) is 0.169. The molecule has 10 N–H and O–H groups in total. The average Bonchev–Trinajstić information content (AvgIpc) is 2.52. The topological polar surface area (TPSA) is 202 Å². The molecule has 0 fully saturated rings. The first-order chi connectivity index (χ1) is 11.7. The van der Waals surface area contributed by atoms with E-state index in [1.807, 2.05) is 0 Å². The van der Waals surface area contributed by atoms with Gasteiger partial charge >= 0.3 is 17.9 Å². The van der Waals surface area contributed by atoms with Crippen molar-refractivity contribution in [3.63, 3.8) is 0 Å². The van der Waals surface area contributed by atoms with Gasteiger partial charge in [-0.3, -0.25) is 9.59 Å². The van der Waals surface area contributed by atoms with E-state index in [9.17, 15) is 14.4 Å². The molecule has 0 rings (SSSR count). The summed E-state index contributed by atoms with van der Waals surface area (Å²) < 4.78 is 0. The molecule has 10 nitrogen and oxygen atoms in total. The lowest BCUT2D eigenvalue weighted by molar-refractivity contribution is -0.139. The lowest BCUT2D eigenvalue weighted by atomic mass is 10.2. The van der Waals surface area contributed by atoms with E-state index in [1.54, 1.807) is 0 Å². The van der Waals surface area contributed by atoms with Crippen molar-refractivity contribution in [2.75, 3.05) is 32.7 Å². The van der Waals surface area contributed by atoms with Gasteiger partial charge in [-0.15, -0.1) is 0 Å². The van der Waals surface area contributed by atoms with Gasteiger partial charge in [0.2, 0.25) is 0 Å². The summed E-state index contributed by atoms with van der Waals surface area (Å²) in [6, 6.07) is 0. The minimum atomic E-state index is -1.27. The lowest BCUT2D eigenvalue weighted by Crippen LogP contribution is -2.27. The number of rotatable bonds is 12. The van der Waals surface area contributed by atoms with Gasteiger partial charge in [-0.2, -0.15) is 0 Å². The smallest absolute Gasteiger partial charge is 0.331 e. The van der Waals surface area contributed by atoms with Gasteiger partial charge in [-0.25, -0.2) is 4.79 Å². The Balaban J connectivity index is -0.000000293. The van der Waals surface area contributed by atoms with Crippen molar-refractivity contribution >= 4 is 17.9 Å². The van der Waals surface area contributed by atoms with Gasteiger partial charge in [0.1, 0.15) is 0 Å². The molecule has 0 saturated carbocycles. The molecule has 0 radical (unpaired) electrons. The summed E-state index contributed by atoms with van der Waals surface area (Å²) in [5.41, 5.74) is 15.2. The number of nitrogens with one attached hydrogen (secondary N) is 1. The fraction of sp³-hybridized carbons (Fsp3) is 0.667. The molecule has 0 bridgehead atoms. The van der Waals surface area contributed by atoms with E-state index in [1.165, 1.54) is 0 Å². The molecular formula is C15H32N4O6. The highest BCUT2D eigenvalue weighted by atomic mass is 16.4. The van der Waals surface area contributed by atoms with Crippen LogP contribution in [0.4, 0.5) is 0 Å². The highest BCUT2D eigenvalue weighted by molar-refractivity contribution is 5.91. The van der Waals surface area contributed by atoms with Crippen LogP contribution in [0.3, 0.4) is 0 Å². The van der Waals surface area contributed by atoms with Gasteiger partial charge in [0.05, 0.1) is 6.42 Å². The van der Waals surface area contributed by atoms with Gasteiger partial charge in [-0.1, -0.05) is 13.0 Å². The minimum absolute atomic E-state index is 0.278. The zero-order valence-corrected chi connectivity index (χ0v) is 14.6. The zero-order chi connectivity index (χ0) is 20.1. The Hall–Kier alpha value is -2.01. The summed E-state index contributed by atoms with van der Waals surface area (Å²) in [5, 5.41) is 27.3. The molecule has 0 heterocycles. The summed E-state index contributed by atoms with van der Waals surface area (Å²) in [4.78, 5) is 29.6. The largest absolute Gasteiger partial charge is 0.481 e. The SMILES string of the molecule is C=C(CC(=O)O)C(=O)O.NCCCCCC(=O)O.NCCNCCN. The van der Waals surface area contributed by atoms with Gasteiger partial charge in [0.25, 0.3) is 0 Å². The van der Waals surface area contributed by atoms with Crippen molar-refractivity contribution in [3.8, 4) is 0 Å². The first-order valence-corrected chi connectivity index (χ1v) is 7.88. The van der Waals surface area contributed by atoms with Gasteiger partial charge < -0.3 is 37.8 Å². The Bertz CT molecular complexity index is 373. The molecule has 0 spiro atoms. The predicted octanol–water partition coefficient (Wildman–Crippen LogP) is -0.815. The predicted molar refractivity (Wildman–Crippen MR) is 95.2 cm³/mol. The summed E-state index contributed by atoms with van der Waals surface area (Å²) in [5.74, 6) is -3.16. The maximum Gasteiger partial charge on any atom is 0.331 e. The summed E-state index contributed by atoms with van der Waals surface area (Å²) in [6.45, 7) is 6.81. The van der Waals surface area contributed by atoms with Crippen LogP contribution in [0.2, 0.25) is 0 Å². The Morgan fingerprint density at radius 3 is 1.60 bits per heavy atom. The normalized spacial score (nSPS) is 9.08. The molecule has 0 unspecified atom stereocenters. The summed E-state index contributed by atoms with van der Waals surface area (Å²) in [7, 11) is 0. The number of carboxylic acids is 3. The number of aliphatic carboxylic acids is 3. The monoisotopic (exact) mass is 364 g/mol. The highest BCUT2D eigenvalue weighted by Crippen LogP contribution is 1.97. The number of nitrogens with two attached hydrogens (primary N) is 3. The van der Waals surface area contributed by atoms with E-state index >= 15 is 0 Å². The minimum Gasteiger partial charge on any atom is -0.481 e. The molecule has 0 amide bonds. The van der Waals surface area contributed by atoms with Crippen LogP contribution >= 0.6 is 0 Å². The van der Waals surface area contributed by atoms with E-state index in [2.05, 4.69) is 11.9 Å². The second-order valence-corrected chi connectivity index (χ2v) is 4.80. The fourth-order valence-corrected chi connectivity index (χ4v) is 1.18. The van der Waals surface area contributed by atoms with Crippen LogP contribution in [0.1, 0.15) is 32.1 Å². The first-order valence-electron chi connectivity index (χ1n) is 7.88. The highest BCUT2D eigenvalue weighted by Gasteiger charge is 2.07. The first kappa shape index (κ1) is 27.8. The third-order valence-corrected chi connectivity index (χ3v) is 2.40. The van der Waals surface area contributed by atoms with Crippen molar-refractivity contribution < 1.29 is 29.7 Å². The molecule has 148 valence electrons. The Morgan fingerprint density at radius 2 is 1.32 bits per heavy atom. The Labute approximate surface area is 148 Å². The van der Waals surface area contributed by atoms with Crippen LogP contribution in [0.5, 0.6) is 0 Å². The van der Waals surface area contributed by atoms with Crippen LogP contribution in [-0.2, 0) is 14.4 Å². The van der Waals surface area contributed by atoms with Crippen LogP contribution in [0.15, 0.2) is 12.2 Å². The second kappa shape index (κ2) is 22.0. The molecule has 0 aromatic heterocycles. The van der Waals surface area contributed by atoms with Crippen LogP contribution < -0.4 is 22.5 Å². The molecule has 0 aliphatic carbocycles. The Kier molecular flexibility index (Phi) is 24.5. The number of carbonyl (C=O) groups is 3. The van der Waals surface area contributed by atoms with Crippen LogP contribution in [0, 0.1) is 0 Å². The second-order valence-electron chi connectivity index (χ2n) is 4.80. The maximum atomic E-state index is 9.93. The molecular weight excluding hydrogens is 332 g/mol. The fourth-order valence-electron chi connectivity index (χ4n) is 1.18. The number of hydrogen-bond donors (Lipinski definition) is 7. The molecule has 0 aliphatic heterocycles. The van der Waals surface area contributed by atoms with Crippen molar-refractivity contribution in [1.82, 2.24) is 5.32 Å². The third-order valence-electron chi connectivity index (χ3n) is 2.40. The van der Waals surface area contributed by atoms with E-state index in [0.29, 0.717) is 19.6 Å². The van der Waals surface area contributed by atoms with Crippen molar-refractivity contribution in [1.29, 1.82) is 0 Å². The standard InChI is InChI=1S/C6H13NO2.C5H6O4.C4H13N3/c7-5-3-1-2-4-6(8)9;1-3(5(8)9)2-4(6)7;5-1-3-7-4-2-6/h1-5,7H2,(H,8,9);1-2H2,(H,6,7)(H,8,9);7H,1-6H2. The molecule has 25 heavy (non-hydrogen) atoms. The van der Waals surface area contributed by atoms with Crippen molar-refractivity contribution in [2.24, 2.45) is 17.2 Å². The van der Waals surface area contributed by atoms with Gasteiger partial charge in [0.15, 0.2) is 0 Å². The van der Waals surface area contributed by atoms with Gasteiger partial charge in [0, 0.05) is 38.2 Å². The molecule has 0 aromatic carbocycles. The van der Waals surface area contributed by atoms with E-state index < -0.39 is 24.3 Å². The number of unbranched alkanes of at least 4 members (excludes halogenated alkanes) is 2. The van der Waals surface area contributed by atoms with Gasteiger partial charge in [-0.05, 0) is 19.4 Å². The molecule has 0 aliphatic rings. The molecule has 0 aromatic rings. The number of hydrogen-bond acceptors (Lipinski definition) is 7. The molecule has 0 saturated heterocycles. The molecule has 10 heteroatoms. The van der Waals surface area contributed by atoms with E-state index in [-0.39, 0.29) is 12.0 Å². The zero-order valence-electron chi connectivity index (χ0n) is 14.6. The maximum absolute atomic E-state index is 9.93. The van der Waals surface area contributed by atoms with E-state index in [4.69, 9.17) is 32.5 Å². The third kappa shape index (κ3) is 34.4. The summed E-state index contributed by atoms with van der Waals surface area (Å²) in [6.07, 6.45) is 2.40. The van der Waals surface area contributed by atoms with Crippen molar-refractivity contribution in [3.05, 3.63) is 12.2 Å². The average molecular weight is 364 g/mol. The lowest BCUT2D eigenvalue weighted by Gasteiger charge is -1.95. The van der Waals surface area contributed by atoms with Crippen molar-refractivity contribution in [2.45, 2.75) is 32.1 Å². The summed E-state index contributed by atoms with van der Waals surface area (Å²) >= 11 is 0. The van der Waals surface area contributed by atoms with Crippen LogP contribution in [0.25, 0.3) is 0 Å². The van der Waals surface area contributed by atoms with E-state index in [0.717, 1.165) is 32.4 Å². The molecule has 0 atom stereocenters.